The minimum Gasteiger partial charge on any atom is -0.493 e. The highest BCUT2D eigenvalue weighted by atomic mass is 32.2. The van der Waals surface area contributed by atoms with Crippen molar-refractivity contribution in [2.45, 2.75) is 6.42 Å². The van der Waals surface area contributed by atoms with Crippen molar-refractivity contribution in [3.05, 3.63) is 76.8 Å². The van der Waals surface area contributed by atoms with Crippen molar-refractivity contribution in [2.75, 3.05) is 59.7 Å². The molecule has 2 N–H and O–H groups in total. The lowest BCUT2D eigenvalue weighted by molar-refractivity contribution is -0.122. The number of nitrogens with zero attached hydrogens (tertiary/aromatic N) is 3. The number of amides is 1. The Morgan fingerprint density at radius 2 is 1.85 bits per heavy atom. The predicted octanol–water partition coefficient (Wildman–Crippen LogP) is 5.32. The zero-order valence-corrected chi connectivity index (χ0v) is 27.4. The minimum absolute atomic E-state index is 0.107. The Hall–Kier alpha value is -4.43. The van der Waals surface area contributed by atoms with Crippen molar-refractivity contribution >= 4 is 57.2 Å². The first-order valence-electron chi connectivity index (χ1n) is 15.2. The van der Waals surface area contributed by atoms with E-state index in [1.54, 1.807) is 17.2 Å². The van der Waals surface area contributed by atoms with Crippen molar-refractivity contribution < 1.29 is 33.6 Å². The summed E-state index contributed by atoms with van der Waals surface area (Å²) in [5, 5.41) is 17.4. The maximum absolute atomic E-state index is 13.4. The summed E-state index contributed by atoms with van der Waals surface area (Å²) < 4.78 is 23.3. The molecule has 2 saturated heterocycles. The molecule has 13 heteroatoms. The first-order valence-corrected chi connectivity index (χ1v) is 16.4. The first kappa shape index (κ1) is 32.5. The second-order valence-corrected chi connectivity index (χ2v) is 12.6. The molecule has 0 radical (unpaired) electrons. The highest BCUT2D eigenvalue weighted by Crippen LogP contribution is 2.37. The molecule has 47 heavy (non-hydrogen) atoms. The second kappa shape index (κ2) is 15.0. The summed E-state index contributed by atoms with van der Waals surface area (Å²) in [6, 6.07) is 16.5. The maximum atomic E-state index is 13.4. The molecule has 3 aromatic carbocycles. The fourth-order valence-electron chi connectivity index (χ4n) is 5.38. The number of benzene rings is 3. The molecule has 0 bridgehead atoms. The summed E-state index contributed by atoms with van der Waals surface area (Å²) in [5.74, 6) is 0.318. The van der Waals surface area contributed by atoms with Gasteiger partial charge >= 0.3 is 5.97 Å². The van der Waals surface area contributed by atoms with Crippen LogP contribution in [-0.4, -0.2) is 101 Å². The lowest BCUT2D eigenvalue weighted by atomic mass is 10.0. The van der Waals surface area contributed by atoms with Crippen LogP contribution in [0.5, 0.6) is 17.2 Å². The molecular formula is C34H34N4O7S2. The number of carbonyl (C=O) groups excluding carboxylic acids is 1. The van der Waals surface area contributed by atoms with E-state index in [1.807, 2.05) is 36.4 Å². The van der Waals surface area contributed by atoms with Crippen LogP contribution in [0, 0.1) is 0 Å². The van der Waals surface area contributed by atoms with Crippen LogP contribution < -0.4 is 14.2 Å². The molecule has 2 fully saturated rings. The number of nitrogens with one attached hydrogen (secondary N) is 1. The molecule has 3 heterocycles. The number of aromatic amines is 1. The summed E-state index contributed by atoms with van der Waals surface area (Å²) in [7, 11) is 1.45. The van der Waals surface area contributed by atoms with Gasteiger partial charge in [0, 0.05) is 37.1 Å². The molecule has 0 aliphatic carbocycles. The molecule has 0 saturated carbocycles. The number of carboxylic acids is 1. The van der Waals surface area contributed by atoms with Crippen LogP contribution in [0.15, 0.2) is 65.7 Å². The number of hydrogen-bond acceptors (Lipinski definition) is 10. The fourth-order valence-corrected chi connectivity index (χ4v) is 6.69. The summed E-state index contributed by atoms with van der Waals surface area (Å²) in [6.07, 6.45) is 4.17. The smallest absolute Gasteiger partial charge is 0.335 e. The molecule has 11 nitrogen and oxygen atoms in total. The molecule has 244 valence electrons. The van der Waals surface area contributed by atoms with Gasteiger partial charge in [0.2, 0.25) is 0 Å². The SMILES string of the molecule is COc1cc(C(=O)O)ccc1OCCCN1C(=O)C(=Cc2ccc(OCCN3CCOCC3)c(-c3ccc4[nH]ncc4c3)c2)SC1=S. The number of carbonyl (C=O) groups is 2. The van der Waals surface area contributed by atoms with Crippen molar-refractivity contribution in [3.63, 3.8) is 0 Å². The van der Waals surface area contributed by atoms with Gasteiger partial charge in [-0.3, -0.25) is 19.7 Å². The summed E-state index contributed by atoms with van der Waals surface area (Å²) in [4.78, 5) is 29.1. The average Bonchev–Trinajstić information content (AvgIpc) is 3.66. The van der Waals surface area contributed by atoms with Crippen molar-refractivity contribution in [1.29, 1.82) is 0 Å². The zero-order chi connectivity index (χ0) is 32.8. The number of fused-ring (bicyclic) bond motifs is 1. The van der Waals surface area contributed by atoms with Gasteiger partial charge in [0.05, 0.1) is 49.1 Å². The number of carboxylic acid groups (broad SMARTS) is 1. The topological polar surface area (TPSA) is 126 Å². The number of H-pyrrole nitrogens is 1. The number of rotatable bonds is 13. The summed E-state index contributed by atoms with van der Waals surface area (Å²) in [6.45, 7) is 5.30. The van der Waals surface area contributed by atoms with Crippen molar-refractivity contribution in [1.82, 2.24) is 20.0 Å². The lowest BCUT2D eigenvalue weighted by Gasteiger charge is -2.26. The molecule has 0 spiro atoms. The highest BCUT2D eigenvalue weighted by Gasteiger charge is 2.31. The zero-order valence-electron chi connectivity index (χ0n) is 25.8. The van der Waals surface area contributed by atoms with E-state index in [9.17, 15) is 14.7 Å². The van der Waals surface area contributed by atoms with E-state index in [-0.39, 0.29) is 18.1 Å². The van der Waals surface area contributed by atoms with Gasteiger partial charge in [0.25, 0.3) is 5.91 Å². The molecular weight excluding hydrogens is 641 g/mol. The molecule has 6 rings (SSSR count). The van der Waals surface area contributed by atoms with Crippen LogP contribution >= 0.6 is 24.0 Å². The van der Waals surface area contributed by atoms with Crippen LogP contribution in [0.1, 0.15) is 22.3 Å². The third-order valence-corrected chi connectivity index (χ3v) is 9.27. The highest BCUT2D eigenvalue weighted by molar-refractivity contribution is 8.26. The number of aromatic carboxylic acids is 1. The lowest BCUT2D eigenvalue weighted by Crippen LogP contribution is -2.38. The van der Waals surface area contributed by atoms with E-state index in [1.165, 1.54) is 31.0 Å². The van der Waals surface area contributed by atoms with Gasteiger partial charge in [0.1, 0.15) is 16.7 Å². The van der Waals surface area contributed by atoms with Crippen LogP contribution in [-0.2, 0) is 9.53 Å². The van der Waals surface area contributed by atoms with Crippen molar-refractivity contribution in [2.24, 2.45) is 0 Å². The number of hydrogen-bond donors (Lipinski definition) is 2. The number of morpholine rings is 1. The largest absolute Gasteiger partial charge is 0.493 e. The Balaban J connectivity index is 1.13. The standard InChI is InChI=1S/C34H34N4O7S2/c1-42-30-20-24(33(40)41)5-8-29(30)44-13-2-9-38-32(39)31(47-34(38)46)18-22-3-7-28(45-16-12-37-10-14-43-15-11-37)26(17-22)23-4-6-27-25(19-23)21-35-36-27/h3-8,17-21H,2,9-16H2,1H3,(H,35,36)(H,40,41). The third kappa shape index (κ3) is 7.76. The van der Waals surface area contributed by atoms with E-state index >= 15 is 0 Å². The Kier molecular flexibility index (Phi) is 10.4. The van der Waals surface area contributed by atoms with E-state index in [2.05, 4.69) is 21.2 Å². The van der Waals surface area contributed by atoms with Crippen LogP contribution in [0.3, 0.4) is 0 Å². The van der Waals surface area contributed by atoms with Crippen LogP contribution in [0.2, 0.25) is 0 Å². The molecule has 2 aliphatic heterocycles. The number of methoxy groups -OCH3 is 1. The van der Waals surface area contributed by atoms with E-state index in [4.69, 9.17) is 31.2 Å². The number of ether oxygens (including phenoxy) is 4. The Labute approximate surface area is 281 Å². The van der Waals surface area contributed by atoms with E-state index in [0.29, 0.717) is 40.3 Å². The maximum Gasteiger partial charge on any atom is 0.335 e. The van der Waals surface area contributed by atoms with Gasteiger partial charge in [-0.1, -0.05) is 36.1 Å². The number of thiocarbonyl (C=S) groups is 1. The molecule has 0 atom stereocenters. The van der Waals surface area contributed by atoms with E-state index in [0.717, 1.165) is 66.2 Å². The van der Waals surface area contributed by atoms with Gasteiger partial charge in [-0.25, -0.2) is 4.79 Å². The quantitative estimate of drug-likeness (QED) is 0.109. The fraction of sp³-hybridized carbons (Fsp3) is 0.294. The van der Waals surface area contributed by atoms with E-state index < -0.39 is 5.97 Å². The monoisotopic (exact) mass is 674 g/mol. The van der Waals surface area contributed by atoms with Crippen LogP contribution in [0.4, 0.5) is 0 Å². The normalized spacial score (nSPS) is 16.3. The molecule has 2 aliphatic rings. The Bertz CT molecular complexity index is 1820. The number of thioether (sulfide) groups is 1. The van der Waals surface area contributed by atoms with Gasteiger partial charge in [-0.05, 0) is 66.1 Å². The third-order valence-electron chi connectivity index (χ3n) is 7.89. The molecule has 4 aromatic rings. The van der Waals surface area contributed by atoms with Gasteiger partial charge in [0.15, 0.2) is 11.5 Å². The first-order chi connectivity index (χ1) is 22.9. The van der Waals surface area contributed by atoms with Gasteiger partial charge in [-0.2, -0.15) is 5.10 Å². The molecule has 1 aromatic heterocycles. The van der Waals surface area contributed by atoms with Gasteiger partial charge < -0.3 is 24.1 Å². The number of aromatic nitrogens is 2. The van der Waals surface area contributed by atoms with Crippen LogP contribution in [0.25, 0.3) is 28.1 Å². The second-order valence-electron chi connectivity index (χ2n) is 10.9. The molecule has 0 unspecified atom stereocenters. The Morgan fingerprint density at radius 3 is 2.66 bits per heavy atom. The average molecular weight is 675 g/mol. The minimum atomic E-state index is -1.05. The van der Waals surface area contributed by atoms with Crippen molar-refractivity contribution in [3.8, 4) is 28.4 Å². The summed E-state index contributed by atoms with van der Waals surface area (Å²) >= 11 is 6.84. The molecule has 1 amide bonds. The van der Waals surface area contributed by atoms with Gasteiger partial charge in [-0.15, -0.1) is 0 Å². The summed E-state index contributed by atoms with van der Waals surface area (Å²) in [5.41, 5.74) is 3.81. The Morgan fingerprint density at radius 1 is 1.04 bits per heavy atom. The predicted molar refractivity (Wildman–Crippen MR) is 184 cm³/mol.